The number of hydrogen-bond acceptors (Lipinski definition) is 3. The van der Waals surface area contributed by atoms with Crippen LogP contribution in [-0.2, 0) is 7.05 Å². The van der Waals surface area contributed by atoms with Gasteiger partial charge in [-0.15, -0.1) is 0 Å². The van der Waals surface area contributed by atoms with Crippen molar-refractivity contribution in [3.63, 3.8) is 0 Å². The molecule has 0 amide bonds. The summed E-state index contributed by atoms with van der Waals surface area (Å²) in [6, 6.07) is 17.7. The van der Waals surface area contributed by atoms with Crippen LogP contribution in [0, 0.1) is 6.92 Å². The Hall–Kier alpha value is -3.40. The predicted octanol–water partition coefficient (Wildman–Crippen LogP) is 4.16. The maximum atomic E-state index is 12.6. The largest absolute Gasteiger partial charge is 0.399 e. The molecule has 0 radical (unpaired) electrons. The first-order valence-corrected chi connectivity index (χ1v) is 8.45. The van der Waals surface area contributed by atoms with Gasteiger partial charge in [0.05, 0.1) is 0 Å². The first-order valence-electron chi connectivity index (χ1n) is 8.45. The predicted molar refractivity (Wildman–Crippen MR) is 107 cm³/mol. The summed E-state index contributed by atoms with van der Waals surface area (Å²) < 4.78 is 1.62. The van der Waals surface area contributed by atoms with E-state index in [4.69, 9.17) is 5.73 Å². The fraction of sp³-hybridized carbons (Fsp3) is 0.0909. The van der Waals surface area contributed by atoms with Crippen LogP contribution in [0.4, 0.5) is 5.69 Å². The molecule has 0 bridgehead atoms. The third-order valence-electron chi connectivity index (χ3n) is 4.63. The van der Waals surface area contributed by atoms with Gasteiger partial charge in [0.1, 0.15) is 0 Å². The van der Waals surface area contributed by atoms with Gasteiger partial charge >= 0.3 is 0 Å². The molecule has 0 unspecified atom stereocenters. The van der Waals surface area contributed by atoms with Crippen LogP contribution < -0.4 is 11.3 Å². The van der Waals surface area contributed by atoms with Crippen molar-refractivity contribution in [2.45, 2.75) is 6.92 Å². The molecule has 4 nitrogen and oxygen atoms in total. The van der Waals surface area contributed by atoms with Crippen molar-refractivity contribution in [3.8, 4) is 22.3 Å². The third-order valence-corrected chi connectivity index (χ3v) is 4.63. The van der Waals surface area contributed by atoms with E-state index in [2.05, 4.69) is 11.1 Å². The van der Waals surface area contributed by atoms with Crippen molar-refractivity contribution >= 4 is 16.5 Å². The zero-order valence-electron chi connectivity index (χ0n) is 14.7. The molecule has 0 saturated carbocycles. The van der Waals surface area contributed by atoms with Crippen LogP contribution >= 0.6 is 0 Å². The van der Waals surface area contributed by atoms with Gasteiger partial charge in [0, 0.05) is 47.3 Å². The number of pyridine rings is 2. The van der Waals surface area contributed by atoms with Gasteiger partial charge in [-0.3, -0.25) is 9.78 Å². The average Bonchev–Trinajstić information content (AvgIpc) is 2.65. The first-order chi connectivity index (χ1) is 12.5. The first kappa shape index (κ1) is 16.1. The minimum absolute atomic E-state index is 0.0127. The average molecular weight is 341 g/mol. The van der Waals surface area contributed by atoms with E-state index in [1.807, 2.05) is 67.8 Å². The highest BCUT2D eigenvalue weighted by Gasteiger charge is 2.11. The summed E-state index contributed by atoms with van der Waals surface area (Å²) in [5.41, 5.74) is 11.7. The number of fused-ring (bicyclic) bond motifs is 1. The number of benzene rings is 2. The zero-order chi connectivity index (χ0) is 18.3. The Labute approximate surface area is 151 Å². The smallest absolute Gasteiger partial charge is 0.258 e. The summed E-state index contributed by atoms with van der Waals surface area (Å²) in [5.74, 6) is 0. The molecule has 4 rings (SSSR count). The fourth-order valence-electron chi connectivity index (χ4n) is 3.22. The van der Waals surface area contributed by atoms with Gasteiger partial charge in [-0.1, -0.05) is 24.3 Å². The molecule has 2 aromatic carbocycles. The fourth-order valence-corrected chi connectivity index (χ4v) is 3.22. The zero-order valence-corrected chi connectivity index (χ0v) is 14.7. The summed E-state index contributed by atoms with van der Waals surface area (Å²) in [5, 5.41) is 1.60. The second-order valence-electron chi connectivity index (χ2n) is 6.53. The molecule has 0 aliphatic carbocycles. The van der Waals surface area contributed by atoms with Crippen LogP contribution in [-0.4, -0.2) is 9.55 Å². The molecule has 0 fully saturated rings. The van der Waals surface area contributed by atoms with Gasteiger partial charge in [0.25, 0.3) is 5.56 Å². The van der Waals surface area contributed by atoms with Gasteiger partial charge in [0.2, 0.25) is 0 Å². The minimum atomic E-state index is -0.0127. The lowest BCUT2D eigenvalue weighted by atomic mass is 9.96. The Kier molecular flexibility index (Phi) is 3.81. The Bertz CT molecular complexity index is 1170. The summed E-state index contributed by atoms with van der Waals surface area (Å²) in [4.78, 5) is 17.0. The summed E-state index contributed by atoms with van der Waals surface area (Å²) in [6.45, 7) is 1.96. The number of anilines is 1. The molecule has 2 N–H and O–H groups in total. The van der Waals surface area contributed by atoms with E-state index in [9.17, 15) is 4.79 Å². The molecule has 0 saturated heterocycles. The van der Waals surface area contributed by atoms with E-state index >= 15 is 0 Å². The molecule has 4 heteroatoms. The van der Waals surface area contributed by atoms with Crippen molar-refractivity contribution in [2.24, 2.45) is 7.05 Å². The quantitative estimate of drug-likeness (QED) is 0.557. The van der Waals surface area contributed by atoms with Crippen LogP contribution in [0.15, 0.2) is 71.8 Å². The third kappa shape index (κ3) is 2.75. The topological polar surface area (TPSA) is 60.9 Å². The Morgan fingerprint density at radius 1 is 0.923 bits per heavy atom. The molecular formula is C22H19N3O. The lowest BCUT2D eigenvalue weighted by Gasteiger charge is -2.12. The van der Waals surface area contributed by atoms with Crippen molar-refractivity contribution in [2.75, 3.05) is 5.73 Å². The molecule has 0 aliphatic rings. The van der Waals surface area contributed by atoms with Gasteiger partial charge in [-0.25, -0.2) is 0 Å². The minimum Gasteiger partial charge on any atom is -0.399 e. The lowest BCUT2D eigenvalue weighted by molar-refractivity contribution is 0.875. The molecule has 0 aliphatic heterocycles. The van der Waals surface area contributed by atoms with Gasteiger partial charge in [0.15, 0.2) is 0 Å². The number of hydrogen-bond donors (Lipinski definition) is 1. The van der Waals surface area contributed by atoms with Gasteiger partial charge in [-0.05, 0) is 53.8 Å². The van der Waals surface area contributed by atoms with Crippen LogP contribution in [0.2, 0.25) is 0 Å². The number of nitrogen functional groups attached to an aromatic ring is 1. The van der Waals surface area contributed by atoms with E-state index in [0.717, 1.165) is 33.3 Å². The highest BCUT2D eigenvalue weighted by molar-refractivity contribution is 5.98. The van der Waals surface area contributed by atoms with Crippen molar-refractivity contribution in [1.82, 2.24) is 9.55 Å². The molecule has 4 aromatic rings. The van der Waals surface area contributed by atoms with Crippen molar-refractivity contribution < 1.29 is 0 Å². The Balaban J connectivity index is 2.01. The normalized spacial score (nSPS) is 11.0. The second kappa shape index (κ2) is 6.15. The number of nitrogens with two attached hydrogens (primary N) is 1. The van der Waals surface area contributed by atoms with E-state index in [-0.39, 0.29) is 5.56 Å². The molecule has 26 heavy (non-hydrogen) atoms. The monoisotopic (exact) mass is 341 g/mol. The van der Waals surface area contributed by atoms with E-state index in [1.165, 1.54) is 0 Å². The van der Waals surface area contributed by atoms with E-state index in [0.29, 0.717) is 11.1 Å². The Morgan fingerprint density at radius 3 is 2.46 bits per heavy atom. The number of aromatic nitrogens is 2. The number of rotatable bonds is 2. The van der Waals surface area contributed by atoms with Crippen molar-refractivity contribution in [3.05, 3.63) is 83.0 Å². The van der Waals surface area contributed by atoms with Crippen molar-refractivity contribution in [1.29, 1.82) is 0 Å². The summed E-state index contributed by atoms with van der Waals surface area (Å²) >= 11 is 0. The van der Waals surface area contributed by atoms with Crippen LogP contribution in [0.3, 0.4) is 0 Å². The molecule has 2 heterocycles. The molecule has 0 atom stereocenters. The molecular weight excluding hydrogens is 322 g/mol. The van der Waals surface area contributed by atoms with Gasteiger partial charge < -0.3 is 10.3 Å². The van der Waals surface area contributed by atoms with Gasteiger partial charge in [-0.2, -0.15) is 0 Å². The van der Waals surface area contributed by atoms with E-state index in [1.54, 1.807) is 11.6 Å². The van der Waals surface area contributed by atoms with Crippen LogP contribution in [0.5, 0.6) is 0 Å². The second-order valence-corrected chi connectivity index (χ2v) is 6.53. The number of nitrogens with zero attached hydrogens (tertiary/aromatic N) is 2. The van der Waals surface area contributed by atoms with Crippen LogP contribution in [0.25, 0.3) is 33.0 Å². The maximum absolute atomic E-state index is 12.6. The number of aryl methyl sites for hydroxylation is 2. The standard InChI is InChI=1S/C22H19N3O/c1-14-6-7-17(12-24-14)15-8-9-19-20(11-15)21(13-25(2)22(19)26)16-4-3-5-18(23)10-16/h3-13H,23H2,1-2H3. The van der Waals surface area contributed by atoms with E-state index < -0.39 is 0 Å². The molecule has 128 valence electrons. The maximum Gasteiger partial charge on any atom is 0.258 e. The highest BCUT2D eigenvalue weighted by atomic mass is 16.1. The Morgan fingerprint density at radius 2 is 1.73 bits per heavy atom. The summed E-state index contributed by atoms with van der Waals surface area (Å²) in [7, 11) is 1.77. The lowest BCUT2D eigenvalue weighted by Crippen LogP contribution is -2.16. The SMILES string of the molecule is Cc1ccc(-c2ccc3c(=O)n(C)cc(-c4cccc(N)c4)c3c2)cn1. The molecule has 0 spiro atoms. The summed E-state index contributed by atoms with van der Waals surface area (Å²) in [6.07, 6.45) is 3.73. The highest BCUT2D eigenvalue weighted by Crippen LogP contribution is 2.31. The molecule has 2 aromatic heterocycles. The van der Waals surface area contributed by atoms with Crippen LogP contribution in [0.1, 0.15) is 5.69 Å².